The summed E-state index contributed by atoms with van der Waals surface area (Å²) in [5.74, 6) is 1.17. The minimum Gasteiger partial charge on any atom is -0.444 e. The van der Waals surface area contributed by atoms with Crippen molar-refractivity contribution in [2.75, 3.05) is 5.32 Å². The molecule has 0 radical (unpaired) electrons. The van der Waals surface area contributed by atoms with Gasteiger partial charge in [0, 0.05) is 15.6 Å². The number of nitrogens with one attached hydrogen (secondary N) is 1. The summed E-state index contributed by atoms with van der Waals surface area (Å²) in [6.45, 7) is 9.95. The van der Waals surface area contributed by atoms with Crippen molar-refractivity contribution in [3.63, 3.8) is 0 Å². The minimum atomic E-state index is -0.164. The monoisotopic (exact) mass is 364 g/mol. The highest BCUT2D eigenvalue weighted by molar-refractivity contribution is 9.10. The van der Waals surface area contributed by atoms with Crippen molar-refractivity contribution in [3.05, 3.63) is 45.6 Å². The maximum atomic E-state index is 12.2. The molecular formula is C17H21BrN2O2. The fourth-order valence-electron chi connectivity index (χ4n) is 1.99. The number of aromatic nitrogens is 1. The number of aryl methyl sites for hydroxylation is 2. The number of hydrogen-bond donors (Lipinski definition) is 1. The number of halogens is 1. The Morgan fingerprint density at radius 2 is 2.00 bits per heavy atom. The van der Waals surface area contributed by atoms with E-state index in [1.54, 1.807) is 0 Å². The lowest BCUT2D eigenvalue weighted by atomic mass is 9.97. The number of carbonyl (C=O) groups excluding carboxylic acids is 1. The van der Waals surface area contributed by atoms with Crippen LogP contribution in [0.4, 0.5) is 5.69 Å². The van der Waals surface area contributed by atoms with E-state index in [1.807, 2.05) is 52.8 Å². The third kappa shape index (κ3) is 3.97. The van der Waals surface area contributed by atoms with Crippen molar-refractivity contribution in [2.24, 2.45) is 0 Å². The summed E-state index contributed by atoms with van der Waals surface area (Å²) in [6.07, 6.45) is 0.185. The van der Waals surface area contributed by atoms with Gasteiger partial charge in [0.15, 0.2) is 5.89 Å². The normalized spacial score (nSPS) is 11.5. The second kappa shape index (κ2) is 6.24. The zero-order valence-corrected chi connectivity index (χ0v) is 15.2. The van der Waals surface area contributed by atoms with E-state index in [0.29, 0.717) is 11.7 Å². The Bertz CT molecular complexity index is 699. The molecule has 1 aromatic carbocycles. The highest BCUT2D eigenvalue weighted by Gasteiger charge is 2.23. The number of nitrogens with zero attached hydrogens (tertiary/aromatic N) is 1. The molecule has 1 N–H and O–H groups in total. The summed E-state index contributed by atoms with van der Waals surface area (Å²) in [5.41, 5.74) is 2.46. The molecule has 1 aromatic heterocycles. The van der Waals surface area contributed by atoms with Crippen LogP contribution in [-0.4, -0.2) is 10.9 Å². The number of amides is 1. The SMILES string of the molecule is Cc1cc(NC(=O)Cc2oc(C(C)(C)C)nc2C)ccc1Br. The molecule has 5 heteroatoms. The molecular weight excluding hydrogens is 344 g/mol. The van der Waals surface area contributed by atoms with E-state index in [4.69, 9.17) is 4.42 Å². The van der Waals surface area contributed by atoms with Gasteiger partial charge in [-0.3, -0.25) is 4.79 Å². The van der Waals surface area contributed by atoms with Gasteiger partial charge in [-0.25, -0.2) is 4.98 Å². The van der Waals surface area contributed by atoms with Crippen LogP contribution in [0.5, 0.6) is 0 Å². The van der Waals surface area contributed by atoms with Crippen LogP contribution in [0.25, 0.3) is 0 Å². The molecule has 1 amide bonds. The molecule has 2 aromatic rings. The summed E-state index contributed by atoms with van der Waals surface area (Å²) in [7, 11) is 0. The summed E-state index contributed by atoms with van der Waals surface area (Å²) in [4.78, 5) is 16.6. The van der Waals surface area contributed by atoms with Crippen LogP contribution in [0.2, 0.25) is 0 Å². The van der Waals surface area contributed by atoms with Gasteiger partial charge in [-0.1, -0.05) is 36.7 Å². The Morgan fingerprint density at radius 3 is 2.55 bits per heavy atom. The van der Waals surface area contributed by atoms with Crippen LogP contribution < -0.4 is 5.32 Å². The van der Waals surface area contributed by atoms with Crippen LogP contribution >= 0.6 is 15.9 Å². The molecule has 0 saturated heterocycles. The van der Waals surface area contributed by atoms with Crippen molar-refractivity contribution in [3.8, 4) is 0 Å². The zero-order valence-electron chi connectivity index (χ0n) is 13.6. The first kappa shape index (κ1) is 16.7. The Labute approximate surface area is 139 Å². The molecule has 0 aliphatic carbocycles. The van der Waals surface area contributed by atoms with Crippen molar-refractivity contribution >= 4 is 27.5 Å². The van der Waals surface area contributed by atoms with E-state index < -0.39 is 0 Å². The number of rotatable bonds is 3. The highest BCUT2D eigenvalue weighted by atomic mass is 79.9. The van der Waals surface area contributed by atoms with Gasteiger partial charge in [0.25, 0.3) is 0 Å². The maximum Gasteiger partial charge on any atom is 0.232 e. The van der Waals surface area contributed by atoms with E-state index in [1.165, 1.54) is 0 Å². The molecule has 1 heterocycles. The number of oxazole rings is 1. The fourth-order valence-corrected chi connectivity index (χ4v) is 2.23. The lowest BCUT2D eigenvalue weighted by Crippen LogP contribution is -2.14. The van der Waals surface area contributed by atoms with Crippen molar-refractivity contribution in [2.45, 2.75) is 46.5 Å². The summed E-state index contributed by atoms with van der Waals surface area (Å²) in [5, 5.41) is 2.89. The van der Waals surface area contributed by atoms with Gasteiger partial charge in [0.05, 0.1) is 12.1 Å². The molecule has 22 heavy (non-hydrogen) atoms. The average molecular weight is 365 g/mol. The molecule has 0 unspecified atom stereocenters. The molecule has 118 valence electrons. The van der Waals surface area contributed by atoms with Crippen LogP contribution in [0, 0.1) is 13.8 Å². The third-order valence-electron chi connectivity index (χ3n) is 3.30. The maximum absolute atomic E-state index is 12.2. The van der Waals surface area contributed by atoms with Gasteiger partial charge in [-0.15, -0.1) is 0 Å². The van der Waals surface area contributed by atoms with Crippen molar-refractivity contribution in [1.82, 2.24) is 4.98 Å². The topological polar surface area (TPSA) is 55.1 Å². The standard InChI is InChI=1S/C17H21BrN2O2/c1-10-8-12(6-7-13(10)18)20-15(21)9-14-11(2)19-16(22-14)17(3,4)5/h6-8H,9H2,1-5H3,(H,20,21). The van der Waals surface area contributed by atoms with E-state index in [9.17, 15) is 4.79 Å². The predicted molar refractivity (Wildman–Crippen MR) is 91.2 cm³/mol. The first-order chi connectivity index (χ1) is 10.2. The van der Waals surface area contributed by atoms with Crippen LogP contribution in [0.3, 0.4) is 0 Å². The zero-order chi connectivity index (χ0) is 16.5. The number of carbonyl (C=O) groups is 1. The molecule has 0 fully saturated rings. The molecule has 0 spiro atoms. The fraction of sp³-hybridized carbons (Fsp3) is 0.412. The predicted octanol–water partition coefficient (Wildman–Crippen LogP) is 4.53. The van der Waals surface area contributed by atoms with Gasteiger partial charge >= 0.3 is 0 Å². The Kier molecular flexibility index (Phi) is 4.75. The molecule has 2 rings (SSSR count). The van der Waals surface area contributed by atoms with Gasteiger partial charge in [0.2, 0.25) is 5.91 Å². The summed E-state index contributed by atoms with van der Waals surface area (Å²) >= 11 is 3.44. The van der Waals surface area contributed by atoms with E-state index in [0.717, 1.165) is 21.4 Å². The van der Waals surface area contributed by atoms with Crippen molar-refractivity contribution < 1.29 is 9.21 Å². The quantitative estimate of drug-likeness (QED) is 0.869. The molecule has 0 saturated carbocycles. The van der Waals surface area contributed by atoms with Gasteiger partial charge < -0.3 is 9.73 Å². The molecule has 0 bridgehead atoms. The largest absolute Gasteiger partial charge is 0.444 e. The second-order valence-electron chi connectivity index (χ2n) is 6.47. The Morgan fingerprint density at radius 1 is 1.32 bits per heavy atom. The molecule has 0 aliphatic heterocycles. The van der Waals surface area contributed by atoms with Crippen LogP contribution in [-0.2, 0) is 16.6 Å². The second-order valence-corrected chi connectivity index (χ2v) is 7.32. The third-order valence-corrected chi connectivity index (χ3v) is 4.19. The van der Waals surface area contributed by atoms with E-state index in [-0.39, 0.29) is 17.7 Å². The number of anilines is 1. The number of benzene rings is 1. The smallest absolute Gasteiger partial charge is 0.232 e. The highest BCUT2D eigenvalue weighted by Crippen LogP contribution is 2.24. The molecule has 0 atom stereocenters. The lowest BCUT2D eigenvalue weighted by molar-refractivity contribution is -0.115. The van der Waals surface area contributed by atoms with Gasteiger partial charge in [0.1, 0.15) is 5.76 Å². The minimum absolute atomic E-state index is 0.110. The average Bonchev–Trinajstić information content (AvgIpc) is 2.75. The van der Waals surface area contributed by atoms with E-state index >= 15 is 0 Å². The van der Waals surface area contributed by atoms with Crippen molar-refractivity contribution in [1.29, 1.82) is 0 Å². The summed E-state index contributed by atoms with van der Waals surface area (Å²) < 4.78 is 6.77. The van der Waals surface area contributed by atoms with Crippen LogP contribution in [0.15, 0.2) is 27.1 Å². The Hall–Kier alpha value is -1.62. The van der Waals surface area contributed by atoms with Gasteiger partial charge in [-0.2, -0.15) is 0 Å². The summed E-state index contributed by atoms with van der Waals surface area (Å²) in [6, 6.07) is 5.71. The Balaban J connectivity index is 2.09. The van der Waals surface area contributed by atoms with E-state index in [2.05, 4.69) is 26.2 Å². The van der Waals surface area contributed by atoms with Gasteiger partial charge in [-0.05, 0) is 37.6 Å². The first-order valence-electron chi connectivity index (χ1n) is 7.19. The lowest BCUT2D eigenvalue weighted by Gasteiger charge is -2.12. The van der Waals surface area contributed by atoms with Crippen LogP contribution in [0.1, 0.15) is 43.7 Å². The molecule has 4 nitrogen and oxygen atoms in total. The first-order valence-corrected chi connectivity index (χ1v) is 7.99. The molecule has 0 aliphatic rings. The number of hydrogen-bond acceptors (Lipinski definition) is 3.